The van der Waals surface area contributed by atoms with Gasteiger partial charge in [0.15, 0.2) is 0 Å². The van der Waals surface area contributed by atoms with Gasteiger partial charge in [-0.1, -0.05) is 43.7 Å². The molecule has 1 aromatic rings. The van der Waals surface area contributed by atoms with Crippen molar-refractivity contribution in [1.82, 2.24) is 10.2 Å². The molecule has 0 radical (unpaired) electrons. The van der Waals surface area contributed by atoms with Crippen molar-refractivity contribution in [2.75, 3.05) is 13.1 Å². The minimum atomic E-state index is 0.114. The molecule has 0 aromatic heterocycles. The first kappa shape index (κ1) is 16.5. The summed E-state index contributed by atoms with van der Waals surface area (Å²) < 4.78 is 0. The molecule has 1 aliphatic heterocycles. The summed E-state index contributed by atoms with van der Waals surface area (Å²) >= 11 is 0. The second-order valence-corrected chi connectivity index (χ2v) is 6.15. The topological polar surface area (TPSA) is 49.4 Å². The number of nitrogens with zero attached hydrogens (tertiary/aromatic N) is 1. The van der Waals surface area contributed by atoms with E-state index >= 15 is 0 Å². The van der Waals surface area contributed by atoms with Gasteiger partial charge in [0.1, 0.15) is 0 Å². The van der Waals surface area contributed by atoms with E-state index in [1.807, 2.05) is 35.2 Å². The molecule has 120 valence electrons. The summed E-state index contributed by atoms with van der Waals surface area (Å²) in [5, 5.41) is 3.01. The van der Waals surface area contributed by atoms with Crippen LogP contribution in [0.1, 0.15) is 38.7 Å². The van der Waals surface area contributed by atoms with Gasteiger partial charge in [0.05, 0.1) is 0 Å². The molecule has 2 atom stereocenters. The Hall–Kier alpha value is -1.84. The smallest absolute Gasteiger partial charge is 0.220 e. The second kappa shape index (κ2) is 7.97. The van der Waals surface area contributed by atoms with Gasteiger partial charge in [-0.05, 0) is 23.8 Å². The SMILES string of the molecule is CC[C@@H]1CN(C(C)=O)CC[C@H]1CC(=O)NCc1ccccc1. The number of nitrogens with one attached hydrogen (secondary N) is 1. The zero-order valence-electron chi connectivity index (χ0n) is 13.5. The summed E-state index contributed by atoms with van der Waals surface area (Å²) in [6.45, 7) is 5.93. The number of carbonyl (C=O) groups excluding carboxylic acids is 2. The van der Waals surface area contributed by atoms with E-state index in [-0.39, 0.29) is 11.8 Å². The van der Waals surface area contributed by atoms with E-state index in [2.05, 4.69) is 12.2 Å². The lowest BCUT2D eigenvalue weighted by Gasteiger charge is -2.37. The molecule has 1 N–H and O–H groups in total. The van der Waals surface area contributed by atoms with Crippen molar-refractivity contribution in [1.29, 1.82) is 0 Å². The van der Waals surface area contributed by atoms with Crippen LogP contribution in [0.2, 0.25) is 0 Å². The van der Waals surface area contributed by atoms with Crippen LogP contribution in [0.15, 0.2) is 30.3 Å². The van der Waals surface area contributed by atoms with E-state index in [1.54, 1.807) is 6.92 Å². The third kappa shape index (κ3) is 4.58. The van der Waals surface area contributed by atoms with Crippen LogP contribution >= 0.6 is 0 Å². The number of hydrogen-bond donors (Lipinski definition) is 1. The van der Waals surface area contributed by atoms with Crippen molar-refractivity contribution in [3.63, 3.8) is 0 Å². The first-order valence-corrected chi connectivity index (χ1v) is 8.16. The minimum Gasteiger partial charge on any atom is -0.352 e. The Bertz CT molecular complexity index is 501. The van der Waals surface area contributed by atoms with Gasteiger partial charge in [-0.25, -0.2) is 0 Å². The molecule has 2 rings (SSSR count). The average molecular weight is 302 g/mol. The van der Waals surface area contributed by atoms with Crippen molar-refractivity contribution in [3.8, 4) is 0 Å². The Morgan fingerprint density at radius 3 is 2.59 bits per heavy atom. The molecule has 1 saturated heterocycles. The maximum Gasteiger partial charge on any atom is 0.220 e. The molecule has 22 heavy (non-hydrogen) atoms. The summed E-state index contributed by atoms with van der Waals surface area (Å²) in [4.78, 5) is 25.6. The normalized spacial score (nSPS) is 21.5. The molecule has 0 bridgehead atoms. The highest BCUT2D eigenvalue weighted by Gasteiger charge is 2.30. The van der Waals surface area contributed by atoms with E-state index in [9.17, 15) is 9.59 Å². The number of piperidine rings is 1. The number of hydrogen-bond acceptors (Lipinski definition) is 2. The van der Waals surface area contributed by atoms with Crippen LogP contribution in [0, 0.1) is 11.8 Å². The lowest BCUT2D eigenvalue weighted by molar-refractivity contribution is -0.132. The lowest BCUT2D eigenvalue weighted by atomic mass is 9.81. The first-order valence-electron chi connectivity index (χ1n) is 8.16. The molecule has 0 unspecified atom stereocenters. The summed E-state index contributed by atoms with van der Waals surface area (Å²) in [5.74, 6) is 1.07. The Labute approximate surface area is 132 Å². The predicted molar refractivity (Wildman–Crippen MR) is 87.0 cm³/mol. The summed E-state index contributed by atoms with van der Waals surface area (Å²) in [6, 6.07) is 9.96. The number of amides is 2. The third-order valence-corrected chi connectivity index (χ3v) is 4.64. The zero-order valence-corrected chi connectivity index (χ0v) is 13.5. The van der Waals surface area contributed by atoms with Crippen LogP contribution in [0.4, 0.5) is 0 Å². The van der Waals surface area contributed by atoms with E-state index in [0.717, 1.165) is 31.5 Å². The van der Waals surface area contributed by atoms with Crippen LogP contribution in [-0.4, -0.2) is 29.8 Å². The van der Waals surface area contributed by atoms with E-state index in [1.165, 1.54) is 0 Å². The molecule has 1 fully saturated rings. The number of likely N-dealkylation sites (tertiary alicyclic amines) is 1. The highest BCUT2D eigenvalue weighted by atomic mass is 16.2. The maximum absolute atomic E-state index is 12.2. The molecule has 0 spiro atoms. The number of benzene rings is 1. The van der Waals surface area contributed by atoms with Crippen LogP contribution < -0.4 is 5.32 Å². The lowest BCUT2D eigenvalue weighted by Crippen LogP contribution is -2.43. The van der Waals surface area contributed by atoms with Crippen molar-refractivity contribution >= 4 is 11.8 Å². The third-order valence-electron chi connectivity index (χ3n) is 4.64. The van der Waals surface area contributed by atoms with Crippen LogP contribution in [0.5, 0.6) is 0 Å². The summed E-state index contributed by atoms with van der Waals surface area (Å²) in [5.41, 5.74) is 1.12. The first-order chi connectivity index (χ1) is 10.6. The maximum atomic E-state index is 12.2. The Kier molecular flexibility index (Phi) is 5.99. The zero-order chi connectivity index (χ0) is 15.9. The Balaban J connectivity index is 1.81. The largest absolute Gasteiger partial charge is 0.352 e. The Morgan fingerprint density at radius 1 is 1.23 bits per heavy atom. The highest BCUT2D eigenvalue weighted by molar-refractivity contribution is 5.76. The molecule has 1 aromatic carbocycles. The molecule has 0 aliphatic carbocycles. The van der Waals surface area contributed by atoms with E-state index in [0.29, 0.717) is 24.8 Å². The standard InChI is InChI=1S/C18H26N2O2/c1-3-16-13-20(14(2)21)10-9-17(16)11-18(22)19-12-15-7-5-4-6-8-15/h4-8,16-17H,3,9-13H2,1-2H3,(H,19,22)/t16-,17+/m1/s1. The van der Waals surface area contributed by atoms with Gasteiger partial charge in [0.25, 0.3) is 0 Å². The van der Waals surface area contributed by atoms with Gasteiger partial charge < -0.3 is 10.2 Å². The van der Waals surface area contributed by atoms with Gasteiger partial charge in [-0.15, -0.1) is 0 Å². The van der Waals surface area contributed by atoms with Crippen molar-refractivity contribution < 1.29 is 9.59 Å². The molecule has 1 heterocycles. The Morgan fingerprint density at radius 2 is 1.95 bits per heavy atom. The van der Waals surface area contributed by atoms with Gasteiger partial charge in [-0.3, -0.25) is 9.59 Å². The van der Waals surface area contributed by atoms with Crippen LogP contribution in [0.3, 0.4) is 0 Å². The summed E-state index contributed by atoms with van der Waals surface area (Å²) in [7, 11) is 0. The van der Waals surface area contributed by atoms with Crippen molar-refractivity contribution in [3.05, 3.63) is 35.9 Å². The van der Waals surface area contributed by atoms with Crippen LogP contribution in [0.25, 0.3) is 0 Å². The molecular formula is C18H26N2O2. The molecular weight excluding hydrogens is 276 g/mol. The summed E-state index contributed by atoms with van der Waals surface area (Å²) in [6.07, 6.45) is 2.51. The predicted octanol–water partition coefficient (Wildman–Crippen LogP) is 2.59. The number of carbonyl (C=O) groups is 2. The molecule has 4 heteroatoms. The monoisotopic (exact) mass is 302 g/mol. The van der Waals surface area contributed by atoms with Crippen molar-refractivity contribution in [2.45, 2.75) is 39.7 Å². The van der Waals surface area contributed by atoms with Crippen molar-refractivity contribution in [2.24, 2.45) is 11.8 Å². The molecule has 4 nitrogen and oxygen atoms in total. The quantitative estimate of drug-likeness (QED) is 0.909. The van der Waals surface area contributed by atoms with E-state index < -0.39 is 0 Å². The number of rotatable bonds is 5. The van der Waals surface area contributed by atoms with Crippen LogP contribution in [-0.2, 0) is 16.1 Å². The van der Waals surface area contributed by atoms with Gasteiger partial charge in [-0.2, -0.15) is 0 Å². The fourth-order valence-corrected chi connectivity index (χ4v) is 3.20. The van der Waals surface area contributed by atoms with Gasteiger partial charge >= 0.3 is 0 Å². The van der Waals surface area contributed by atoms with Gasteiger partial charge in [0, 0.05) is 33.0 Å². The average Bonchev–Trinajstić information content (AvgIpc) is 2.54. The molecule has 1 aliphatic rings. The fourth-order valence-electron chi connectivity index (χ4n) is 3.20. The fraction of sp³-hybridized carbons (Fsp3) is 0.556. The van der Waals surface area contributed by atoms with Gasteiger partial charge in [0.2, 0.25) is 11.8 Å². The minimum absolute atomic E-state index is 0.114. The highest BCUT2D eigenvalue weighted by Crippen LogP contribution is 2.29. The van der Waals surface area contributed by atoms with E-state index in [4.69, 9.17) is 0 Å². The molecule has 2 amide bonds. The second-order valence-electron chi connectivity index (χ2n) is 6.15. The molecule has 0 saturated carbocycles.